The molecule has 0 spiro atoms. The summed E-state index contributed by atoms with van der Waals surface area (Å²) in [6.07, 6.45) is 5.80. The molecule has 4 nitrogen and oxygen atoms in total. The molecule has 1 aromatic heterocycles. The van der Waals surface area contributed by atoms with Gasteiger partial charge in [0.2, 0.25) is 0 Å². The summed E-state index contributed by atoms with van der Waals surface area (Å²) in [5, 5.41) is 3.51. The van der Waals surface area contributed by atoms with Gasteiger partial charge in [0.15, 0.2) is 0 Å². The zero-order valence-corrected chi connectivity index (χ0v) is 11.7. The molecule has 2 aliphatic heterocycles. The van der Waals surface area contributed by atoms with Crippen LogP contribution < -0.4 is 5.32 Å². The third kappa shape index (κ3) is 2.29. The first kappa shape index (κ1) is 12.1. The lowest BCUT2D eigenvalue weighted by atomic mass is 9.94. The summed E-state index contributed by atoms with van der Waals surface area (Å²) in [5.41, 5.74) is 0.669. The zero-order chi connectivity index (χ0) is 12.5. The number of aromatic nitrogens is 1. The number of nitrogens with zero attached hydrogens (tertiary/aromatic N) is 2. The number of pyridine rings is 1. The number of carbonyl (C=O) groups excluding carboxylic acids is 1. The number of fused-ring (bicyclic) bond motifs is 1. The quantitative estimate of drug-likeness (QED) is 0.858. The summed E-state index contributed by atoms with van der Waals surface area (Å²) in [4.78, 5) is 18.4. The highest BCUT2D eigenvalue weighted by atomic mass is 79.9. The standard InChI is InChI=1S/C13H16BrN3O/c14-11-4-10(5-15-6-11)13(18)17-7-9-2-1-3-16-12(9)8-17/h4-6,9,12,16H,1-3,7-8H2/t9-,12+/m0/s1. The normalized spacial score (nSPS) is 27.1. The molecule has 96 valence electrons. The van der Waals surface area contributed by atoms with Gasteiger partial charge in [-0.2, -0.15) is 0 Å². The highest BCUT2D eigenvalue weighted by molar-refractivity contribution is 9.10. The van der Waals surface area contributed by atoms with E-state index in [1.54, 1.807) is 12.4 Å². The molecule has 2 saturated heterocycles. The van der Waals surface area contributed by atoms with Crippen LogP contribution in [0, 0.1) is 5.92 Å². The van der Waals surface area contributed by atoms with E-state index in [2.05, 4.69) is 26.2 Å². The Morgan fingerprint density at radius 1 is 1.44 bits per heavy atom. The smallest absolute Gasteiger partial charge is 0.255 e. The molecule has 0 saturated carbocycles. The predicted octanol–water partition coefficient (Wildman–Crippen LogP) is 1.67. The van der Waals surface area contributed by atoms with E-state index < -0.39 is 0 Å². The lowest BCUT2D eigenvalue weighted by molar-refractivity contribution is 0.0785. The lowest BCUT2D eigenvalue weighted by Gasteiger charge is -2.24. The minimum Gasteiger partial charge on any atom is -0.337 e. The fourth-order valence-electron chi connectivity index (χ4n) is 2.92. The third-order valence-corrected chi connectivity index (χ3v) is 4.27. The van der Waals surface area contributed by atoms with E-state index in [0.717, 1.165) is 24.1 Å². The van der Waals surface area contributed by atoms with Crippen LogP contribution in [-0.2, 0) is 0 Å². The van der Waals surface area contributed by atoms with Gasteiger partial charge in [-0.05, 0) is 47.3 Å². The van der Waals surface area contributed by atoms with Crippen LogP contribution in [0.3, 0.4) is 0 Å². The van der Waals surface area contributed by atoms with Crippen molar-refractivity contribution in [2.24, 2.45) is 5.92 Å². The van der Waals surface area contributed by atoms with Gasteiger partial charge in [-0.3, -0.25) is 9.78 Å². The minimum atomic E-state index is 0.0972. The first-order valence-electron chi connectivity index (χ1n) is 6.37. The van der Waals surface area contributed by atoms with E-state index in [-0.39, 0.29) is 5.91 Å². The Balaban J connectivity index is 1.74. The topological polar surface area (TPSA) is 45.2 Å². The number of piperidine rings is 1. The lowest BCUT2D eigenvalue weighted by Crippen LogP contribution is -2.41. The number of rotatable bonds is 1. The van der Waals surface area contributed by atoms with Crippen LogP contribution in [0.1, 0.15) is 23.2 Å². The molecule has 0 aliphatic carbocycles. The largest absolute Gasteiger partial charge is 0.337 e. The van der Waals surface area contributed by atoms with Crippen molar-refractivity contribution in [3.8, 4) is 0 Å². The van der Waals surface area contributed by atoms with Crippen molar-refractivity contribution in [3.05, 3.63) is 28.5 Å². The number of carbonyl (C=O) groups is 1. The van der Waals surface area contributed by atoms with Crippen LogP contribution >= 0.6 is 15.9 Å². The number of hydrogen-bond acceptors (Lipinski definition) is 3. The number of halogens is 1. The van der Waals surface area contributed by atoms with Crippen LogP contribution in [0.15, 0.2) is 22.9 Å². The monoisotopic (exact) mass is 309 g/mol. The van der Waals surface area contributed by atoms with Crippen molar-refractivity contribution in [2.45, 2.75) is 18.9 Å². The van der Waals surface area contributed by atoms with Crippen molar-refractivity contribution in [3.63, 3.8) is 0 Å². The molecule has 0 bridgehead atoms. The van der Waals surface area contributed by atoms with Crippen LogP contribution in [0.25, 0.3) is 0 Å². The molecule has 1 N–H and O–H groups in total. The molecule has 0 unspecified atom stereocenters. The second kappa shape index (κ2) is 4.97. The molecule has 0 radical (unpaired) electrons. The first-order chi connectivity index (χ1) is 8.74. The maximum atomic E-state index is 12.4. The van der Waals surface area contributed by atoms with Crippen LogP contribution in [-0.4, -0.2) is 41.5 Å². The third-order valence-electron chi connectivity index (χ3n) is 3.84. The number of hydrogen-bond donors (Lipinski definition) is 1. The molecule has 1 amide bonds. The van der Waals surface area contributed by atoms with E-state index in [1.165, 1.54) is 12.8 Å². The Morgan fingerprint density at radius 2 is 2.33 bits per heavy atom. The van der Waals surface area contributed by atoms with Crippen LogP contribution in [0.4, 0.5) is 0 Å². The number of likely N-dealkylation sites (tertiary alicyclic amines) is 1. The zero-order valence-electron chi connectivity index (χ0n) is 10.1. The molecular formula is C13H16BrN3O. The minimum absolute atomic E-state index is 0.0972. The molecule has 2 fully saturated rings. The summed E-state index contributed by atoms with van der Waals surface area (Å²) in [7, 11) is 0. The molecule has 1 aromatic rings. The summed E-state index contributed by atoms with van der Waals surface area (Å²) < 4.78 is 0.850. The molecule has 3 heterocycles. The molecule has 5 heteroatoms. The van der Waals surface area contributed by atoms with Crippen molar-refractivity contribution in [1.82, 2.24) is 15.2 Å². The molecule has 0 aromatic carbocycles. The summed E-state index contributed by atoms with van der Waals surface area (Å²) in [5.74, 6) is 0.725. The van der Waals surface area contributed by atoms with Gasteiger partial charge in [0, 0.05) is 36.0 Å². The second-order valence-electron chi connectivity index (χ2n) is 5.06. The maximum absolute atomic E-state index is 12.4. The summed E-state index contributed by atoms with van der Waals surface area (Å²) in [6, 6.07) is 2.33. The van der Waals surface area contributed by atoms with Gasteiger partial charge < -0.3 is 10.2 Å². The highest BCUT2D eigenvalue weighted by Gasteiger charge is 2.36. The average molecular weight is 310 g/mol. The summed E-state index contributed by atoms with van der Waals surface area (Å²) >= 11 is 3.35. The summed E-state index contributed by atoms with van der Waals surface area (Å²) in [6.45, 7) is 2.79. The van der Waals surface area contributed by atoms with Crippen molar-refractivity contribution in [2.75, 3.05) is 19.6 Å². The van der Waals surface area contributed by atoms with E-state index >= 15 is 0 Å². The van der Waals surface area contributed by atoms with Gasteiger partial charge in [0.25, 0.3) is 5.91 Å². The van der Waals surface area contributed by atoms with E-state index in [4.69, 9.17) is 0 Å². The van der Waals surface area contributed by atoms with Crippen molar-refractivity contribution >= 4 is 21.8 Å². The van der Waals surface area contributed by atoms with Crippen molar-refractivity contribution < 1.29 is 4.79 Å². The van der Waals surface area contributed by atoms with Crippen molar-refractivity contribution in [1.29, 1.82) is 0 Å². The molecule has 2 aliphatic rings. The van der Waals surface area contributed by atoms with Gasteiger partial charge in [0.1, 0.15) is 0 Å². The Kier molecular flexibility index (Phi) is 3.35. The Morgan fingerprint density at radius 3 is 3.11 bits per heavy atom. The molecule has 18 heavy (non-hydrogen) atoms. The average Bonchev–Trinajstić information content (AvgIpc) is 2.81. The maximum Gasteiger partial charge on any atom is 0.255 e. The molecule has 2 atom stereocenters. The van der Waals surface area contributed by atoms with Crippen LogP contribution in [0.2, 0.25) is 0 Å². The Hall–Kier alpha value is -0.940. The Labute approximate surface area is 115 Å². The van der Waals surface area contributed by atoms with E-state index in [1.807, 2.05) is 11.0 Å². The fourth-order valence-corrected chi connectivity index (χ4v) is 3.29. The van der Waals surface area contributed by atoms with Gasteiger partial charge in [-0.25, -0.2) is 0 Å². The fraction of sp³-hybridized carbons (Fsp3) is 0.538. The second-order valence-corrected chi connectivity index (χ2v) is 5.98. The van der Waals surface area contributed by atoms with Gasteiger partial charge in [0.05, 0.1) is 5.56 Å². The van der Waals surface area contributed by atoms with Crippen LogP contribution in [0.5, 0.6) is 0 Å². The van der Waals surface area contributed by atoms with E-state index in [9.17, 15) is 4.79 Å². The van der Waals surface area contributed by atoms with Gasteiger partial charge in [-0.15, -0.1) is 0 Å². The number of amides is 1. The SMILES string of the molecule is O=C(c1cncc(Br)c1)N1C[C@@H]2CCCN[C@@H]2C1. The predicted molar refractivity (Wildman–Crippen MR) is 72.4 cm³/mol. The molecule has 3 rings (SSSR count). The molecular weight excluding hydrogens is 294 g/mol. The van der Waals surface area contributed by atoms with E-state index in [0.29, 0.717) is 17.5 Å². The highest BCUT2D eigenvalue weighted by Crippen LogP contribution is 2.26. The van der Waals surface area contributed by atoms with Gasteiger partial charge in [-0.1, -0.05) is 0 Å². The number of nitrogens with one attached hydrogen (secondary N) is 1. The Bertz CT molecular complexity index is 451. The van der Waals surface area contributed by atoms with Gasteiger partial charge >= 0.3 is 0 Å². The first-order valence-corrected chi connectivity index (χ1v) is 7.16.